The van der Waals surface area contributed by atoms with Crippen LogP contribution in [0.25, 0.3) is 11.1 Å². The maximum absolute atomic E-state index is 13.6. The maximum atomic E-state index is 13.6. The largest absolute Gasteiger partial charge is 0.481 e. The molecular weight excluding hydrogens is 927 g/mol. The van der Waals surface area contributed by atoms with Crippen LogP contribution in [0.2, 0.25) is 0 Å². The van der Waals surface area contributed by atoms with Gasteiger partial charge >= 0.3 is 11.9 Å². The molecule has 0 saturated heterocycles. The van der Waals surface area contributed by atoms with Gasteiger partial charge in [-0.25, -0.2) is 0 Å². The summed E-state index contributed by atoms with van der Waals surface area (Å²) >= 11 is 0. The van der Waals surface area contributed by atoms with Crippen molar-refractivity contribution in [3.05, 3.63) is 95.1 Å². The second-order valence-corrected chi connectivity index (χ2v) is 17.9. The number of carboxylic acids is 1. The molecule has 5 N–H and O–H groups in total. The predicted octanol–water partition coefficient (Wildman–Crippen LogP) is 5.95. The van der Waals surface area contributed by atoms with Crippen LogP contribution in [0.3, 0.4) is 0 Å². The molecule has 3 aromatic carbocycles. The van der Waals surface area contributed by atoms with Gasteiger partial charge in [0.05, 0.1) is 71.6 Å². The van der Waals surface area contributed by atoms with Gasteiger partial charge in [0.2, 0.25) is 29.5 Å². The molecule has 0 unspecified atom stereocenters. The van der Waals surface area contributed by atoms with E-state index in [0.29, 0.717) is 63.8 Å². The average molecular weight is 998 g/mol. The standard InChI is InChI=1S/C54H71N5O13/c1-38(2)53(54(67)56-35-49(62)57-41-20-18-39(19-21-41)37-72-52(66)17-10-16-51(64)65)58-48(61)25-28-69-30-32-71-34-33-70-31-29-68-27-24-47(60)55-26-9-3-4-15-50(63)59-36-40-11-5-6-12-42(40)43-22-23-44(43)45-13-7-8-14-46(45)59/h5-8,11-14,18-21,38,53H,3-4,9-10,15-17,22-37H2,1-2H3,(H,55,60)(H,56,67)(H,57,62)(H,58,61)(H,64,65)/t53-/m0/s1. The minimum atomic E-state index is -0.977. The number of benzene rings is 3. The Balaban J connectivity index is 0.802. The molecule has 390 valence electrons. The quantitative estimate of drug-likeness (QED) is 0.0351. The highest BCUT2D eigenvalue weighted by molar-refractivity contribution is 6.05. The van der Waals surface area contributed by atoms with Gasteiger partial charge in [-0.15, -0.1) is 0 Å². The number of nitrogens with zero attached hydrogens (tertiary/aromatic N) is 1. The second kappa shape index (κ2) is 31.1. The number of allylic oxidation sites excluding steroid dienone is 2. The summed E-state index contributed by atoms with van der Waals surface area (Å²) in [5.41, 5.74) is 8.48. The summed E-state index contributed by atoms with van der Waals surface area (Å²) in [6.07, 6.45) is 5.27. The molecule has 1 aliphatic carbocycles. The molecule has 1 heterocycles. The zero-order chi connectivity index (χ0) is 51.5. The van der Waals surface area contributed by atoms with Gasteiger partial charge in [-0.1, -0.05) is 74.9 Å². The van der Waals surface area contributed by atoms with E-state index in [1.807, 2.05) is 23.1 Å². The highest BCUT2D eigenvalue weighted by atomic mass is 16.6. The number of para-hydroxylation sites is 1. The SMILES string of the molecule is CC(C)[C@H](NC(=O)CCOCCOCCOCCOCCC(=O)NCCCCCC(=O)N1Cc2ccccc2C2=C(CC2)c2ccccc21)C(=O)NCC(=O)Nc1ccc(COC(=O)CCCC(=O)O)cc1. The van der Waals surface area contributed by atoms with Crippen LogP contribution in [0.5, 0.6) is 0 Å². The van der Waals surface area contributed by atoms with Crippen molar-refractivity contribution in [3.8, 4) is 0 Å². The lowest BCUT2D eigenvalue weighted by molar-refractivity contribution is -0.145. The predicted molar refractivity (Wildman–Crippen MR) is 270 cm³/mol. The molecule has 0 aromatic heterocycles. The first kappa shape index (κ1) is 56.4. The zero-order valence-electron chi connectivity index (χ0n) is 41.6. The third kappa shape index (κ3) is 19.6. The molecule has 0 radical (unpaired) electrons. The lowest BCUT2D eigenvalue weighted by atomic mass is 9.77. The summed E-state index contributed by atoms with van der Waals surface area (Å²) in [6, 6.07) is 22.4. The lowest BCUT2D eigenvalue weighted by Crippen LogP contribution is -2.51. The van der Waals surface area contributed by atoms with Crippen molar-refractivity contribution in [2.75, 3.05) is 76.2 Å². The van der Waals surface area contributed by atoms with Gasteiger partial charge < -0.3 is 55.0 Å². The van der Waals surface area contributed by atoms with E-state index in [1.54, 1.807) is 38.1 Å². The van der Waals surface area contributed by atoms with Gasteiger partial charge in [0, 0.05) is 49.9 Å². The van der Waals surface area contributed by atoms with Gasteiger partial charge in [-0.3, -0.25) is 33.6 Å². The van der Waals surface area contributed by atoms with E-state index in [1.165, 1.54) is 22.3 Å². The first-order valence-corrected chi connectivity index (χ1v) is 25.0. The van der Waals surface area contributed by atoms with Crippen LogP contribution in [0, 0.1) is 5.92 Å². The van der Waals surface area contributed by atoms with Crippen molar-refractivity contribution >= 4 is 64.0 Å². The third-order valence-electron chi connectivity index (χ3n) is 12.0. The minimum Gasteiger partial charge on any atom is -0.481 e. The molecule has 5 amide bonds. The van der Waals surface area contributed by atoms with E-state index in [4.69, 9.17) is 28.8 Å². The summed E-state index contributed by atoms with van der Waals surface area (Å²) in [7, 11) is 0. The second-order valence-electron chi connectivity index (χ2n) is 17.9. The molecule has 2 aliphatic rings. The molecular formula is C54H71N5O13. The molecule has 0 spiro atoms. The Labute approximate surface area is 421 Å². The van der Waals surface area contributed by atoms with E-state index < -0.39 is 29.8 Å². The summed E-state index contributed by atoms with van der Waals surface area (Å²) < 4.78 is 27.2. The number of rotatable bonds is 33. The summed E-state index contributed by atoms with van der Waals surface area (Å²) in [6.45, 7) is 6.69. The molecule has 1 atom stereocenters. The minimum absolute atomic E-state index is 0.00354. The molecule has 72 heavy (non-hydrogen) atoms. The fraction of sp³-hybridized carbons (Fsp3) is 0.500. The van der Waals surface area contributed by atoms with Crippen molar-refractivity contribution in [1.29, 1.82) is 0 Å². The molecule has 3 aromatic rings. The first-order chi connectivity index (χ1) is 34.9. The molecule has 0 bridgehead atoms. The first-order valence-electron chi connectivity index (χ1n) is 25.0. The Morgan fingerprint density at radius 2 is 1.22 bits per heavy atom. The van der Waals surface area contributed by atoms with Gasteiger partial charge in [-0.2, -0.15) is 0 Å². The van der Waals surface area contributed by atoms with Gasteiger partial charge in [-0.05, 0) is 84.1 Å². The number of nitrogens with one attached hydrogen (secondary N) is 4. The van der Waals surface area contributed by atoms with Crippen molar-refractivity contribution in [1.82, 2.24) is 16.0 Å². The van der Waals surface area contributed by atoms with E-state index in [-0.39, 0.29) is 88.7 Å². The van der Waals surface area contributed by atoms with Crippen LogP contribution in [-0.4, -0.2) is 119 Å². The van der Waals surface area contributed by atoms with Gasteiger partial charge in [0.25, 0.3) is 0 Å². The van der Waals surface area contributed by atoms with Crippen LogP contribution < -0.4 is 26.2 Å². The average Bonchev–Trinajstić information content (AvgIpc) is 3.34. The van der Waals surface area contributed by atoms with Crippen LogP contribution >= 0.6 is 0 Å². The number of hydrogen-bond acceptors (Lipinski definition) is 12. The summed E-state index contributed by atoms with van der Waals surface area (Å²) in [5, 5.41) is 19.5. The molecule has 0 saturated carbocycles. The van der Waals surface area contributed by atoms with E-state index >= 15 is 0 Å². The van der Waals surface area contributed by atoms with E-state index in [9.17, 15) is 33.6 Å². The van der Waals surface area contributed by atoms with Crippen molar-refractivity contribution in [2.45, 2.75) is 104 Å². The molecule has 5 rings (SSSR count). The number of fused-ring (bicyclic) bond motifs is 4. The number of anilines is 2. The molecule has 1 aliphatic heterocycles. The molecule has 0 fully saturated rings. The number of carbonyl (C=O) groups excluding carboxylic acids is 6. The number of amides is 5. The number of unbranched alkanes of at least 4 members (excludes halogenated alkanes) is 2. The maximum Gasteiger partial charge on any atom is 0.306 e. The highest BCUT2D eigenvalue weighted by Gasteiger charge is 2.30. The number of esters is 1. The number of aliphatic carboxylic acids is 1. The summed E-state index contributed by atoms with van der Waals surface area (Å²) in [4.78, 5) is 88.2. The normalized spacial score (nSPS) is 13.1. The fourth-order valence-corrected chi connectivity index (χ4v) is 8.05. The Morgan fingerprint density at radius 3 is 1.88 bits per heavy atom. The van der Waals surface area contributed by atoms with Gasteiger partial charge in [0.1, 0.15) is 12.6 Å². The van der Waals surface area contributed by atoms with Crippen LogP contribution in [0.4, 0.5) is 11.4 Å². The zero-order valence-corrected chi connectivity index (χ0v) is 41.6. The number of hydrogen-bond donors (Lipinski definition) is 5. The number of ether oxygens (including phenoxy) is 5. The molecule has 18 nitrogen and oxygen atoms in total. The Kier molecular flexibility index (Phi) is 24.4. The fourth-order valence-electron chi connectivity index (χ4n) is 8.05. The summed E-state index contributed by atoms with van der Waals surface area (Å²) in [5.74, 6) is -3.06. The van der Waals surface area contributed by atoms with Crippen molar-refractivity contribution < 1.29 is 62.4 Å². The Bertz CT molecular complexity index is 2300. The highest BCUT2D eigenvalue weighted by Crippen LogP contribution is 2.48. The Morgan fingerprint density at radius 1 is 0.611 bits per heavy atom. The molecule has 18 heteroatoms. The van der Waals surface area contributed by atoms with Crippen LogP contribution in [0.1, 0.15) is 107 Å². The van der Waals surface area contributed by atoms with E-state index in [0.717, 1.165) is 43.4 Å². The van der Waals surface area contributed by atoms with Crippen molar-refractivity contribution in [3.63, 3.8) is 0 Å². The lowest BCUT2D eigenvalue weighted by Gasteiger charge is -2.35. The topological polar surface area (TPSA) is 237 Å². The van der Waals surface area contributed by atoms with Crippen molar-refractivity contribution in [2.24, 2.45) is 5.92 Å². The van der Waals surface area contributed by atoms with Crippen LogP contribution in [0.15, 0.2) is 72.8 Å². The van der Waals surface area contributed by atoms with Crippen LogP contribution in [-0.2, 0) is 70.4 Å². The monoisotopic (exact) mass is 998 g/mol. The van der Waals surface area contributed by atoms with Gasteiger partial charge in [0.15, 0.2) is 0 Å². The number of carboxylic acid groups (broad SMARTS) is 1. The third-order valence-corrected chi connectivity index (χ3v) is 12.0. The number of carbonyl (C=O) groups is 7. The Hall–Kier alpha value is -6.47. The van der Waals surface area contributed by atoms with E-state index in [2.05, 4.69) is 51.6 Å². The smallest absolute Gasteiger partial charge is 0.306 e.